The summed E-state index contributed by atoms with van der Waals surface area (Å²) < 4.78 is 39.3. The van der Waals surface area contributed by atoms with E-state index in [2.05, 4.69) is 4.90 Å². The van der Waals surface area contributed by atoms with Crippen molar-refractivity contribution in [3.05, 3.63) is 47.5 Å². The van der Waals surface area contributed by atoms with Crippen LogP contribution in [0.25, 0.3) is 0 Å². The predicted molar refractivity (Wildman–Crippen MR) is 131 cm³/mol. The van der Waals surface area contributed by atoms with Crippen molar-refractivity contribution < 1.29 is 22.7 Å². The second-order valence-corrected chi connectivity index (χ2v) is 10.7. The van der Waals surface area contributed by atoms with Crippen LogP contribution in [0.1, 0.15) is 19.3 Å². The van der Waals surface area contributed by atoms with Gasteiger partial charge in [0.2, 0.25) is 15.9 Å². The normalized spacial score (nSPS) is 19.7. The first kappa shape index (κ1) is 24.6. The maximum atomic E-state index is 13.7. The standard InChI is InChI=1S/C24H30ClN3O5S/c1-32-20-10-11-22(33-2)23(17-20)34(30,31)28-12-4-3-5-21(28)24(29)27-15-13-26(14-16-27)19-8-6-18(25)7-9-19/h6-11,17,21H,3-5,12-16H2,1-2H3. The summed E-state index contributed by atoms with van der Waals surface area (Å²) in [6.07, 6.45) is 2.02. The number of methoxy groups -OCH3 is 2. The van der Waals surface area contributed by atoms with Crippen molar-refractivity contribution in [3.8, 4) is 11.5 Å². The Balaban J connectivity index is 1.52. The number of carbonyl (C=O) groups is 1. The number of carbonyl (C=O) groups excluding carboxylic acids is 1. The molecule has 184 valence electrons. The fourth-order valence-corrected chi connectivity index (χ4v) is 6.55. The van der Waals surface area contributed by atoms with Gasteiger partial charge in [0.1, 0.15) is 22.4 Å². The Labute approximate surface area is 206 Å². The molecule has 10 heteroatoms. The van der Waals surface area contributed by atoms with Gasteiger partial charge >= 0.3 is 0 Å². The number of sulfonamides is 1. The first-order chi connectivity index (χ1) is 16.3. The molecule has 0 bridgehead atoms. The van der Waals surface area contributed by atoms with Crippen molar-refractivity contribution in [2.75, 3.05) is 51.8 Å². The van der Waals surface area contributed by atoms with Crippen molar-refractivity contribution >= 4 is 33.2 Å². The molecule has 2 aromatic rings. The number of nitrogens with zero attached hydrogens (tertiary/aromatic N) is 3. The summed E-state index contributed by atoms with van der Waals surface area (Å²) in [5, 5.41) is 0.684. The van der Waals surface area contributed by atoms with Crippen LogP contribution in [-0.4, -0.2) is 76.5 Å². The highest BCUT2D eigenvalue weighted by Crippen LogP contribution is 2.34. The smallest absolute Gasteiger partial charge is 0.247 e. The zero-order valence-electron chi connectivity index (χ0n) is 19.4. The van der Waals surface area contributed by atoms with Gasteiger partial charge in [-0.15, -0.1) is 0 Å². The van der Waals surface area contributed by atoms with Crippen LogP contribution in [0.2, 0.25) is 5.02 Å². The molecule has 0 aliphatic carbocycles. The Bertz CT molecular complexity index is 1120. The third-order valence-electron chi connectivity index (χ3n) is 6.48. The number of amides is 1. The number of rotatable bonds is 6. The molecule has 0 saturated carbocycles. The second-order valence-electron chi connectivity index (χ2n) is 8.43. The molecule has 2 aromatic carbocycles. The molecule has 1 atom stereocenters. The minimum atomic E-state index is -3.97. The Morgan fingerprint density at radius 1 is 0.941 bits per heavy atom. The first-order valence-corrected chi connectivity index (χ1v) is 13.2. The number of halogens is 1. The molecule has 2 fully saturated rings. The first-order valence-electron chi connectivity index (χ1n) is 11.4. The summed E-state index contributed by atoms with van der Waals surface area (Å²) in [4.78, 5) is 17.5. The number of benzene rings is 2. The van der Waals surface area contributed by atoms with E-state index in [-0.39, 0.29) is 16.6 Å². The molecule has 4 rings (SSSR count). The maximum absolute atomic E-state index is 13.7. The summed E-state index contributed by atoms with van der Waals surface area (Å²) in [5.74, 6) is 0.507. The fourth-order valence-electron chi connectivity index (χ4n) is 4.60. The molecule has 2 aliphatic heterocycles. The topological polar surface area (TPSA) is 79.4 Å². The Hall–Kier alpha value is -2.49. The largest absolute Gasteiger partial charge is 0.497 e. The van der Waals surface area contributed by atoms with Crippen LogP contribution < -0.4 is 14.4 Å². The van der Waals surface area contributed by atoms with Gasteiger partial charge in [-0.05, 0) is 49.2 Å². The number of piperidine rings is 1. The van der Waals surface area contributed by atoms with Crippen LogP contribution in [0.4, 0.5) is 5.69 Å². The van der Waals surface area contributed by atoms with Crippen molar-refractivity contribution in [2.45, 2.75) is 30.2 Å². The van der Waals surface area contributed by atoms with E-state index in [1.165, 1.54) is 24.6 Å². The van der Waals surface area contributed by atoms with E-state index in [0.717, 1.165) is 12.1 Å². The molecule has 0 N–H and O–H groups in total. The van der Waals surface area contributed by atoms with Crippen LogP contribution in [0.5, 0.6) is 11.5 Å². The molecule has 2 heterocycles. The highest BCUT2D eigenvalue weighted by atomic mass is 35.5. The van der Waals surface area contributed by atoms with Crippen molar-refractivity contribution in [3.63, 3.8) is 0 Å². The number of piperazine rings is 1. The van der Waals surface area contributed by atoms with Crippen LogP contribution in [-0.2, 0) is 14.8 Å². The summed E-state index contributed by atoms with van der Waals surface area (Å²) in [6, 6.07) is 11.6. The van der Waals surface area contributed by atoms with Gasteiger partial charge in [0.25, 0.3) is 0 Å². The predicted octanol–water partition coefficient (Wildman–Crippen LogP) is 3.25. The van der Waals surface area contributed by atoms with E-state index >= 15 is 0 Å². The average molecular weight is 508 g/mol. The lowest BCUT2D eigenvalue weighted by Crippen LogP contribution is -2.57. The summed E-state index contributed by atoms with van der Waals surface area (Å²) >= 11 is 5.99. The lowest BCUT2D eigenvalue weighted by Gasteiger charge is -2.41. The van der Waals surface area contributed by atoms with Gasteiger partial charge in [0.05, 0.1) is 14.2 Å². The van der Waals surface area contributed by atoms with Gasteiger partial charge in [-0.25, -0.2) is 8.42 Å². The zero-order chi connectivity index (χ0) is 24.3. The van der Waals surface area contributed by atoms with Crippen molar-refractivity contribution in [2.24, 2.45) is 0 Å². The lowest BCUT2D eigenvalue weighted by atomic mass is 10.0. The number of hydrogen-bond acceptors (Lipinski definition) is 6. The molecule has 2 aliphatic rings. The Morgan fingerprint density at radius 2 is 1.65 bits per heavy atom. The van der Waals surface area contributed by atoms with Gasteiger partial charge < -0.3 is 19.3 Å². The van der Waals surface area contributed by atoms with E-state index in [1.807, 2.05) is 24.3 Å². The fraction of sp³-hybridized carbons (Fsp3) is 0.458. The van der Waals surface area contributed by atoms with Gasteiger partial charge in [0, 0.05) is 49.5 Å². The molecule has 2 saturated heterocycles. The molecule has 8 nitrogen and oxygen atoms in total. The van der Waals surface area contributed by atoms with Crippen LogP contribution in [0, 0.1) is 0 Å². The quantitative estimate of drug-likeness (QED) is 0.597. The summed E-state index contributed by atoms with van der Waals surface area (Å²) in [7, 11) is -1.06. The van der Waals surface area contributed by atoms with Crippen molar-refractivity contribution in [1.82, 2.24) is 9.21 Å². The lowest BCUT2D eigenvalue weighted by molar-refractivity contribution is -0.136. The second kappa shape index (κ2) is 10.4. The van der Waals surface area contributed by atoms with Gasteiger partial charge in [-0.2, -0.15) is 4.31 Å². The summed E-state index contributed by atoms with van der Waals surface area (Å²) in [5.41, 5.74) is 1.06. The monoisotopic (exact) mass is 507 g/mol. The Kier molecular flexibility index (Phi) is 7.54. The molecule has 1 unspecified atom stereocenters. The highest BCUT2D eigenvalue weighted by Gasteiger charge is 2.41. The number of hydrogen-bond donors (Lipinski definition) is 0. The van der Waals surface area contributed by atoms with Gasteiger partial charge in [0.15, 0.2) is 0 Å². The number of anilines is 1. The van der Waals surface area contributed by atoms with Crippen LogP contribution in [0.3, 0.4) is 0 Å². The molecule has 0 aromatic heterocycles. The van der Waals surface area contributed by atoms with E-state index in [9.17, 15) is 13.2 Å². The van der Waals surface area contributed by atoms with Gasteiger partial charge in [-0.1, -0.05) is 18.0 Å². The zero-order valence-corrected chi connectivity index (χ0v) is 21.0. The third kappa shape index (κ3) is 4.96. The van der Waals surface area contributed by atoms with Crippen molar-refractivity contribution in [1.29, 1.82) is 0 Å². The number of ether oxygens (including phenoxy) is 2. The molecule has 0 spiro atoms. The van der Waals surface area contributed by atoms with E-state index in [1.54, 1.807) is 17.0 Å². The third-order valence-corrected chi connectivity index (χ3v) is 8.66. The molecule has 0 radical (unpaired) electrons. The molecule has 34 heavy (non-hydrogen) atoms. The molecular weight excluding hydrogens is 478 g/mol. The molecule has 1 amide bonds. The highest BCUT2D eigenvalue weighted by molar-refractivity contribution is 7.89. The maximum Gasteiger partial charge on any atom is 0.247 e. The Morgan fingerprint density at radius 3 is 2.29 bits per heavy atom. The van der Waals surface area contributed by atoms with Crippen LogP contribution in [0.15, 0.2) is 47.4 Å². The van der Waals surface area contributed by atoms with Crippen LogP contribution >= 0.6 is 11.6 Å². The average Bonchev–Trinajstić information content (AvgIpc) is 2.88. The SMILES string of the molecule is COc1ccc(OC)c(S(=O)(=O)N2CCCCC2C(=O)N2CCN(c3ccc(Cl)cc3)CC2)c1. The minimum Gasteiger partial charge on any atom is -0.497 e. The minimum absolute atomic E-state index is 0.0154. The van der Waals surface area contributed by atoms with Gasteiger partial charge in [-0.3, -0.25) is 4.79 Å². The van der Waals surface area contributed by atoms with E-state index < -0.39 is 16.1 Å². The van der Waals surface area contributed by atoms with E-state index in [0.29, 0.717) is 56.3 Å². The van der Waals surface area contributed by atoms with E-state index in [4.69, 9.17) is 21.1 Å². The molecular formula is C24H30ClN3O5S. The summed E-state index contributed by atoms with van der Waals surface area (Å²) in [6.45, 7) is 2.72.